The van der Waals surface area contributed by atoms with E-state index in [-0.39, 0.29) is 0 Å². The first kappa shape index (κ1) is 16.6. The van der Waals surface area contributed by atoms with Crippen LogP contribution in [0, 0.1) is 0 Å². The number of rotatable bonds is 8. The van der Waals surface area contributed by atoms with Crippen molar-refractivity contribution in [1.29, 1.82) is 0 Å². The van der Waals surface area contributed by atoms with E-state index in [1.165, 1.54) is 34.6 Å². The Kier molecular flexibility index (Phi) is 8.61. The second kappa shape index (κ2) is 7.80. The fourth-order valence-corrected chi connectivity index (χ4v) is 55.1. The molecule has 0 atom stereocenters. The molecule has 0 radical (unpaired) electrons. The molecule has 0 aliphatic rings. The quantitative estimate of drug-likeness (QED) is 0.560. The molecular formula is C12H31NSn2. The molecule has 15 heavy (non-hydrogen) atoms. The van der Waals surface area contributed by atoms with Crippen molar-refractivity contribution in [3.05, 3.63) is 0 Å². The average Bonchev–Trinajstić information content (AvgIpc) is 2.10. The molecule has 0 aliphatic heterocycles. The summed E-state index contributed by atoms with van der Waals surface area (Å²) in [6.45, 7) is 4.63. The van der Waals surface area contributed by atoms with E-state index in [9.17, 15) is 0 Å². The molecule has 0 aliphatic carbocycles. The molecule has 0 saturated carbocycles. The molecule has 0 fully saturated rings. The van der Waals surface area contributed by atoms with E-state index in [1.54, 1.807) is 0 Å². The minimum atomic E-state index is -1.81. The third-order valence-corrected chi connectivity index (χ3v) is 41.9. The third-order valence-electron chi connectivity index (χ3n) is 2.99. The predicted octanol–water partition coefficient (Wildman–Crippen LogP) is 4.59. The SMILES string of the molecule is CCC[CH2][Sn]([CH3])([CH3])[NH][Sn]([CH3])([CH3])[CH2]CCC. The maximum absolute atomic E-state index is 4.22. The van der Waals surface area contributed by atoms with Crippen LogP contribution in [0.4, 0.5) is 0 Å². The fourth-order valence-electron chi connectivity index (χ4n) is 2.28. The van der Waals surface area contributed by atoms with Crippen LogP contribution in [0.5, 0.6) is 0 Å². The van der Waals surface area contributed by atoms with Gasteiger partial charge in [0.1, 0.15) is 0 Å². The van der Waals surface area contributed by atoms with Crippen molar-refractivity contribution in [2.75, 3.05) is 0 Å². The Morgan fingerprint density at radius 3 is 1.33 bits per heavy atom. The molecular weight excluding hydrogens is 396 g/mol. The molecule has 0 unspecified atom stereocenters. The van der Waals surface area contributed by atoms with Crippen molar-refractivity contribution >= 4 is 37.3 Å². The van der Waals surface area contributed by atoms with Gasteiger partial charge in [-0.25, -0.2) is 0 Å². The summed E-state index contributed by atoms with van der Waals surface area (Å²) in [5.41, 5.74) is 0. The van der Waals surface area contributed by atoms with Crippen LogP contribution < -0.4 is 1.76 Å². The van der Waals surface area contributed by atoms with Gasteiger partial charge in [-0.3, -0.25) is 0 Å². The summed E-state index contributed by atoms with van der Waals surface area (Å²) >= 11 is -3.61. The van der Waals surface area contributed by atoms with Gasteiger partial charge in [-0.2, -0.15) is 0 Å². The van der Waals surface area contributed by atoms with Crippen molar-refractivity contribution in [1.82, 2.24) is 1.76 Å². The van der Waals surface area contributed by atoms with Gasteiger partial charge in [0.2, 0.25) is 0 Å². The van der Waals surface area contributed by atoms with Gasteiger partial charge in [-0.15, -0.1) is 0 Å². The van der Waals surface area contributed by atoms with E-state index in [2.05, 4.69) is 35.4 Å². The van der Waals surface area contributed by atoms with Gasteiger partial charge in [-0.1, -0.05) is 0 Å². The molecule has 0 aromatic heterocycles. The molecule has 0 spiro atoms. The standard InChI is InChI=1S/2C4H9.4CH3.HN.2Sn/c2*1-3-4-2;;;;;;;/h2*1,3-4H2,2H3;4*1H3;1H;;. The monoisotopic (exact) mass is 429 g/mol. The Morgan fingerprint density at radius 2 is 1.07 bits per heavy atom. The molecule has 0 heterocycles. The molecule has 1 nitrogen and oxygen atoms in total. The normalized spacial score (nSPS) is 13.2. The Bertz CT molecular complexity index is 149. The van der Waals surface area contributed by atoms with E-state index in [1.807, 2.05) is 0 Å². The summed E-state index contributed by atoms with van der Waals surface area (Å²) in [4.78, 5) is 10.4. The first-order valence-corrected chi connectivity index (χ1v) is 24.9. The molecule has 0 aromatic rings. The summed E-state index contributed by atoms with van der Waals surface area (Å²) in [7, 11) is 0. The van der Waals surface area contributed by atoms with Crippen molar-refractivity contribution < 1.29 is 0 Å². The van der Waals surface area contributed by atoms with E-state index >= 15 is 0 Å². The maximum atomic E-state index is 4.22. The predicted molar refractivity (Wildman–Crippen MR) is 77.5 cm³/mol. The molecule has 92 valence electrons. The second-order valence-corrected chi connectivity index (χ2v) is 36.0. The van der Waals surface area contributed by atoms with Gasteiger partial charge in [0, 0.05) is 0 Å². The zero-order valence-corrected chi connectivity index (χ0v) is 17.5. The summed E-state index contributed by atoms with van der Waals surface area (Å²) < 4.78 is 7.30. The molecule has 0 bridgehead atoms. The van der Waals surface area contributed by atoms with Gasteiger partial charge in [-0.05, 0) is 0 Å². The van der Waals surface area contributed by atoms with Gasteiger partial charge in [0.25, 0.3) is 0 Å². The van der Waals surface area contributed by atoms with Gasteiger partial charge in [0.05, 0.1) is 0 Å². The molecule has 0 amide bonds. The Hall–Kier alpha value is 1.56. The zero-order chi connectivity index (χ0) is 11.9. The Balaban J connectivity index is 4.04. The summed E-state index contributed by atoms with van der Waals surface area (Å²) in [6.07, 6.45) is 5.64. The number of hydrogen-bond acceptors (Lipinski definition) is 1. The summed E-state index contributed by atoms with van der Waals surface area (Å²) in [5, 5.41) is 0. The van der Waals surface area contributed by atoms with Crippen LogP contribution in [-0.2, 0) is 0 Å². The van der Waals surface area contributed by atoms with Crippen LogP contribution >= 0.6 is 0 Å². The van der Waals surface area contributed by atoms with Crippen molar-refractivity contribution in [2.45, 2.75) is 68.2 Å². The van der Waals surface area contributed by atoms with Crippen LogP contribution in [0.1, 0.15) is 39.5 Å². The van der Waals surface area contributed by atoms with E-state index < -0.39 is 37.3 Å². The molecule has 3 heteroatoms. The van der Waals surface area contributed by atoms with Crippen molar-refractivity contribution in [3.63, 3.8) is 0 Å². The van der Waals surface area contributed by atoms with E-state index in [0.29, 0.717) is 0 Å². The Labute approximate surface area is 106 Å². The van der Waals surface area contributed by atoms with Gasteiger partial charge < -0.3 is 0 Å². The number of unbranched alkanes of at least 4 members (excludes halogenated alkanes) is 2. The summed E-state index contributed by atoms with van der Waals surface area (Å²) in [6, 6.07) is 0. The van der Waals surface area contributed by atoms with Crippen LogP contribution in [0.15, 0.2) is 0 Å². The number of hydrogen-bond donors (Lipinski definition) is 1. The molecule has 0 rings (SSSR count). The minimum absolute atomic E-state index is 1.37. The van der Waals surface area contributed by atoms with Crippen LogP contribution in [0.3, 0.4) is 0 Å². The zero-order valence-electron chi connectivity index (χ0n) is 11.7. The first-order chi connectivity index (χ1) is 6.83. The van der Waals surface area contributed by atoms with Crippen LogP contribution in [0.25, 0.3) is 0 Å². The number of nitrogens with one attached hydrogen (secondary N) is 1. The van der Waals surface area contributed by atoms with Gasteiger partial charge >= 0.3 is 107 Å². The van der Waals surface area contributed by atoms with Gasteiger partial charge in [0.15, 0.2) is 0 Å². The van der Waals surface area contributed by atoms with E-state index in [0.717, 1.165) is 0 Å². The fraction of sp³-hybridized carbons (Fsp3) is 1.00. The Morgan fingerprint density at radius 1 is 0.733 bits per heavy atom. The summed E-state index contributed by atoms with van der Waals surface area (Å²) in [5.74, 6) is 0. The molecule has 0 aromatic carbocycles. The van der Waals surface area contributed by atoms with Crippen molar-refractivity contribution in [2.24, 2.45) is 0 Å². The van der Waals surface area contributed by atoms with Crippen molar-refractivity contribution in [3.8, 4) is 0 Å². The van der Waals surface area contributed by atoms with Crippen LogP contribution in [-0.4, -0.2) is 37.3 Å². The average molecular weight is 427 g/mol. The second-order valence-electron chi connectivity index (χ2n) is 6.10. The first-order valence-electron chi connectivity index (χ1n) is 6.62. The molecule has 0 saturated heterocycles. The molecule has 1 N–H and O–H groups in total. The van der Waals surface area contributed by atoms with Crippen LogP contribution in [0.2, 0.25) is 28.6 Å². The topological polar surface area (TPSA) is 12.0 Å². The third kappa shape index (κ3) is 9.28. The van der Waals surface area contributed by atoms with E-state index in [4.69, 9.17) is 0 Å².